The van der Waals surface area contributed by atoms with Crippen LogP contribution in [0.5, 0.6) is 11.5 Å². The monoisotopic (exact) mass is 563 g/mol. The van der Waals surface area contributed by atoms with Crippen molar-refractivity contribution in [3.8, 4) is 11.5 Å². The van der Waals surface area contributed by atoms with Gasteiger partial charge in [0.2, 0.25) is 0 Å². The Hall–Kier alpha value is -4.49. The van der Waals surface area contributed by atoms with Crippen LogP contribution >= 0.6 is 22.9 Å². The SMILES string of the molecule is COc1cc(F)c(NC(=O)NOC(=O)c2sccc2C(=O)O)cc1OCc1c(F)cc(Cl)c2cccnc12. The number of carbonyl (C=O) groups excluding carboxylic acids is 2. The van der Waals surface area contributed by atoms with E-state index in [1.165, 1.54) is 24.8 Å². The van der Waals surface area contributed by atoms with Crippen molar-refractivity contribution in [3.05, 3.63) is 80.6 Å². The molecule has 2 amide bonds. The molecule has 0 fully saturated rings. The smallest absolute Gasteiger partial charge is 0.373 e. The lowest BCUT2D eigenvalue weighted by Crippen LogP contribution is -2.31. The van der Waals surface area contributed by atoms with Crippen LogP contribution in [0, 0.1) is 11.6 Å². The van der Waals surface area contributed by atoms with Crippen LogP contribution < -0.4 is 20.3 Å². The predicted octanol–water partition coefficient (Wildman–Crippen LogP) is 5.41. The number of carboxylic acids is 1. The van der Waals surface area contributed by atoms with Crippen LogP contribution in [0.4, 0.5) is 19.3 Å². The fourth-order valence-electron chi connectivity index (χ4n) is 3.34. The Kier molecular flexibility index (Phi) is 7.88. The number of urea groups is 1. The molecule has 4 rings (SSSR count). The van der Waals surface area contributed by atoms with E-state index in [-0.39, 0.29) is 44.6 Å². The number of ether oxygens (including phenoxy) is 2. The molecule has 3 N–H and O–H groups in total. The predicted molar refractivity (Wildman–Crippen MR) is 133 cm³/mol. The van der Waals surface area contributed by atoms with E-state index in [0.29, 0.717) is 5.39 Å². The van der Waals surface area contributed by atoms with Gasteiger partial charge in [0.15, 0.2) is 17.3 Å². The van der Waals surface area contributed by atoms with E-state index in [2.05, 4.69) is 15.1 Å². The molecule has 0 spiro atoms. The van der Waals surface area contributed by atoms with E-state index >= 15 is 0 Å². The Labute approximate surface area is 221 Å². The number of rotatable bonds is 7. The lowest BCUT2D eigenvalue weighted by molar-refractivity contribution is 0.0340. The van der Waals surface area contributed by atoms with Crippen molar-refractivity contribution in [2.75, 3.05) is 12.4 Å². The molecule has 2 aromatic heterocycles. The first kappa shape index (κ1) is 26.6. The number of fused-ring (bicyclic) bond motifs is 1. The van der Waals surface area contributed by atoms with Crippen molar-refractivity contribution < 1.29 is 42.6 Å². The number of aromatic carboxylic acids is 1. The van der Waals surface area contributed by atoms with Crippen LogP contribution in [-0.4, -0.2) is 35.2 Å². The number of hydrogen-bond acceptors (Lipinski definition) is 8. The summed E-state index contributed by atoms with van der Waals surface area (Å²) in [4.78, 5) is 43.9. The average Bonchev–Trinajstić information content (AvgIpc) is 3.39. The van der Waals surface area contributed by atoms with Crippen LogP contribution in [0.1, 0.15) is 25.6 Å². The maximum absolute atomic E-state index is 14.7. The van der Waals surface area contributed by atoms with E-state index < -0.39 is 35.3 Å². The number of anilines is 1. The van der Waals surface area contributed by atoms with Crippen molar-refractivity contribution in [1.29, 1.82) is 0 Å². The molecule has 14 heteroatoms. The van der Waals surface area contributed by atoms with Crippen LogP contribution in [0.3, 0.4) is 0 Å². The molecule has 38 heavy (non-hydrogen) atoms. The molecule has 10 nitrogen and oxygen atoms in total. The van der Waals surface area contributed by atoms with Crippen molar-refractivity contribution in [2.45, 2.75) is 6.61 Å². The molecule has 2 aromatic carbocycles. The van der Waals surface area contributed by atoms with Gasteiger partial charge in [0, 0.05) is 23.7 Å². The second kappa shape index (κ2) is 11.3. The van der Waals surface area contributed by atoms with Gasteiger partial charge in [-0.25, -0.2) is 23.2 Å². The lowest BCUT2D eigenvalue weighted by atomic mass is 10.1. The molecular weight excluding hydrogens is 548 g/mol. The van der Waals surface area contributed by atoms with E-state index in [1.807, 2.05) is 0 Å². The number of carbonyl (C=O) groups is 3. The Balaban J connectivity index is 1.49. The van der Waals surface area contributed by atoms with Gasteiger partial charge in [0.1, 0.15) is 17.3 Å². The van der Waals surface area contributed by atoms with E-state index in [1.54, 1.807) is 17.6 Å². The van der Waals surface area contributed by atoms with Gasteiger partial charge in [-0.15, -0.1) is 11.3 Å². The summed E-state index contributed by atoms with van der Waals surface area (Å²) in [5, 5.41) is 13.3. The van der Waals surface area contributed by atoms with E-state index in [0.717, 1.165) is 29.5 Å². The molecule has 4 aromatic rings. The quantitative estimate of drug-likeness (QED) is 0.254. The van der Waals surface area contributed by atoms with E-state index in [4.69, 9.17) is 26.2 Å². The van der Waals surface area contributed by atoms with Crippen LogP contribution in [0.15, 0.2) is 48.0 Å². The summed E-state index contributed by atoms with van der Waals surface area (Å²) in [6.07, 6.45) is 1.47. The topological polar surface area (TPSA) is 136 Å². The maximum Gasteiger partial charge on any atom is 0.373 e. The highest BCUT2D eigenvalue weighted by atomic mass is 35.5. The first-order valence-corrected chi connectivity index (χ1v) is 11.8. The van der Waals surface area contributed by atoms with Crippen molar-refractivity contribution >= 4 is 57.5 Å². The minimum absolute atomic E-state index is 0.0505. The third-order valence-electron chi connectivity index (χ3n) is 5.08. The fraction of sp³-hybridized carbons (Fsp3) is 0.0833. The third kappa shape index (κ3) is 5.58. The van der Waals surface area contributed by atoms with Gasteiger partial charge in [-0.2, -0.15) is 5.48 Å². The van der Waals surface area contributed by atoms with Gasteiger partial charge in [0.05, 0.1) is 34.5 Å². The number of carboxylic acid groups (broad SMARTS) is 1. The Morgan fingerprint density at radius 2 is 1.92 bits per heavy atom. The Morgan fingerprint density at radius 3 is 2.66 bits per heavy atom. The molecule has 0 aliphatic carbocycles. The van der Waals surface area contributed by atoms with E-state index in [9.17, 15) is 23.2 Å². The van der Waals surface area contributed by atoms with Gasteiger partial charge in [-0.1, -0.05) is 11.6 Å². The maximum atomic E-state index is 14.7. The summed E-state index contributed by atoms with van der Waals surface area (Å²) in [5.74, 6) is -4.17. The van der Waals surface area contributed by atoms with Crippen molar-refractivity contribution in [2.24, 2.45) is 0 Å². The molecule has 196 valence electrons. The highest BCUT2D eigenvalue weighted by Gasteiger charge is 2.21. The standard InChI is InChI=1S/C24H16ClF2N3O7S/c1-35-18-8-16(27)17(29-24(34)30-37-23(33)21-12(22(31)32)4-6-38-21)9-19(18)36-10-13-15(26)7-14(25)11-3-2-5-28-20(11)13/h2-9H,10H2,1H3,(H,31,32)(H2,29,30,34). The highest BCUT2D eigenvalue weighted by molar-refractivity contribution is 7.12. The zero-order valence-electron chi connectivity index (χ0n) is 19.2. The van der Waals surface area contributed by atoms with Gasteiger partial charge in [-0.3, -0.25) is 4.98 Å². The minimum Gasteiger partial charge on any atom is -0.493 e. The number of nitrogens with one attached hydrogen (secondary N) is 2. The Bertz CT molecular complexity index is 1560. The number of hydroxylamine groups is 1. The average molecular weight is 564 g/mol. The second-order valence-electron chi connectivity index (χ2n) is 7.40. The fourth-order valence-corrected chi connectivity index (χ4v) is 4.35. The number of benzene rings is 2. The minimum atomic E-state index is -1.35. The molecule has 2 heterocycles. The number of pyridine rings is 1. The number of halogens is 3. The number of methoxy groups -OCH3 is 1. The summed E-state index contributed by atoms with van der Waals surface area (Å²) in [7, 11) is 1.26. The molecule has 0 saturated carbocycles. The molecule has 0 aliphatic heterocycles. The lowest BCUT2D eigenvalue weighted by Gasteiger charge is -2.15. The molecule has 0 radical (unpaired) electrons. The molecular formula is C24H16ClF2N3O7S. The number of nitrogens with zero attached hydrogens (tertiary/aromatic N) is 1. The third-order valence-corrected chi connectivity index (χ3v) is 6.29. The van der Waals surface area contributed by atoms with Gasteiger partial charge < -0.3 is 24.7 Å². The van der Waals surface area contributed by atoms with Crippen LogP contribution in [0.2, 0.25) is 5.02 Å². The summed E-state index contributed by atoms with van der Waals surface area (Å²) >= 11 is 6.90. The number of thiophene rings is 1. The van der Waals surface area contributed by atoms with Gasteiger partial charge in [0.25, 0.3) is 0 Å². The zero-order chi connectivity index (χ0) is 27.4. The molecule has 0 aliphatic rings. The van der Waals surface area contributed by atoms with Crippen molar-refractivity contribution in [1.82, 2.24) is 10.5 Å². The van der Waals surface area contributed by atoms with Crippen LogP contribution in [0.25, 0.3) is 10.9 Å². The largest absolute Gasteiger partial charge is 0.493 e. The summed E-state index contributed by atoms with van der Waals surface area (Å²) in [6, 6.07) is 6.50. The molecule has 0 atom stereocenters. The summed E-state index contributed by atoms with van der Waals surface area (Å²) < 4.78 is 40.1. The first-order valence-electron chi connectivity index (χ1n) is 10.5. The number of aromatic nitrogens is 1. The Morgan fingerprint density at radius 1 is 1.13 bits per heavy atom. The normalized spacial score (nSPS) is 10.6. The molecule has 0 bridgehead atoms. The first-order chi connectivity index (χ1) is 18.2. The second-order valence-corrected chi connectivity index (χ2v) is 8.73. The summed E-state index contributed by atoms with van der Waals surface area (Å²) in [6.45, 7) is -0.339. The van der Waals surface area contributed by atoms with Crippen LogP contribution in [-0.2, 0) is 11.4 Å². The highest BCUT2D eigenvalue weighted by Crippen LogP contribution is 2.35. The number of amides is 2. The molecule has 0 saturated heterocycles. The van der Waals surface area contributed by atoms with Gasteiger partial charge >= 0.3 is 18.0 Å². The van der Waals surface area contributed by atoms with Gasteiger partial charge in [-0.05, 0) is 29.6 Å². The summed E-state index contributed by atoms with van der Waals surface area (Å²) in [5.41, 5.74) is 1.42. The van der Waals surface area contributed by atoms with Crippen molar-refractivity contribution in [3.63, 3.8) is 0 Å². The zero-order valence-corrected chi connectivity index (χ0v) is 20.8. The number of hydrogen-bond donors (Lipinski definition) is 3. The molecule has 0 unspecified atom stereocenters.